The molecule has 0 aliphatic carbocycles. The molecule has 0 amide bonds. The number of carbonyl (C=O) groups excluding carboxylic acids is 2. The quantitative estimate of drug-likeness (QED) is 0.288. The second-order valence-corrected chi connectivity index (χ2v) is 15.3. The third kappa shape index (κ3) is 7.16. The lowest BCUT2D eigenvalue weighted by Crippen LogP contribution is -2.68. The molecule has 1 aromatic carbocycles. The van der Waals surface area contributed by atoms with Crippen LogP contribution in [0.2, 0.25) is 0 Å². The summed E-state index contributed by atoms with van der Waals surface area (Å²) in [5, 5.41) is 32.4. The number of esters is 2. The van der Waals surface area contributed by atoms with E-state index in [1.807, 2.05) is 27.7 Å². The molecule has 1 spiro atoms. The second kappa shape index (κ2) is 13.4. The summed E-state index contributed by atoms with van der Waals surface area (Å²) in [5.41, 5.74) is 0.193. The molecule has 3 fully saturated rings. The molecule has 3 heterocycles. The molecule has 2 unspecified atom stereocenters. The van der Waals surface area contributed by atoms with Crippen LogP contribution in [0.1, 0.15) is 91.7 Å². The van der Waals surface area contributed by atoms with Gasteiger partial charge in [0.15, 0.2) is 11.6 Å². The molecule has 10 atom stereocenters. The van der Waals surface area contributed by atoms with E-state index >= 15 is 0 Å². The first kappa shape index (κ1) is 35.6. The average molecular weight is 751 g/mol. The third-order valence-electron chi connectivity index (χ3n) is 9.87. The largest absolute Gasteiger partial charge is 0.507 e. The summed E-state index contributed by atoms with van der Waals surface area (Å²) in [6.45, 7) is 11.3. The van der Waals surface area contributed by atoms with Crippen molar-refractivity contribution in [2.24, 2.45) is 23.2 Å². The lowest BCUT2D eigenvalue weighted by atomic mass is 9.66. The number of cyclic esters (lactones) is 1. The number of aliphatic hydroxyl groups excluding tert-OH is 1. The van der Waals surface area contributed by atoms with E-state index in [9.17, 15) is 24.9 Å². The number of fused-ring (bicyclic) bond motifs is 2. The summed E-state index contributed by atoms with van der Waals surface area (Å²) in [6, 6.07) is 3.46. The summed E-state index contributed by atoms with van der Waals surface area (Å²) in [5.74, 6) is -5.28. The van der Waals surface area contributed by atoms with Gasteiger partial charge in [0.1, 0.15) is 18.0 Å². The Morgan fingerprint density at radius 1 is 1.05 bits per heavy atom. The fraction of sp³-hybridized carbons (Fsp3) is 0.750. The van der Waals surface area contributed by atoms with Crippen molar-refractivity contribution in [1.29, 1.82) is 0 Å². The number of hydrogen-bond acceptors (Lipinski definition) is 10. The van der Waals surface area contributed by atoms with E-state index in [-0.39, 0.29) is 36.5 Å². The molecule has 248 valence electrons. The Kier molecular flexibility index (Phi) is 10.9. The second-order valence-electron chi connectivity index (χ2n) is 13.6. The Hall–Kier alpha value is -1.28. The van der Waals surface area contributed by atoms with E-state index in [4.69, 9.17) is 23.7 Å². The molecule has 3 bridgehead atoms. The number of phenols is 1. The van der Waals surface area contributed by atoms with Crippen LogP contribution in [0, 0.1) is 23.2 Å². The smallest absolute Gasteiger partial charge is 0.311 e. The molecule has 1 aromatic rings. The van der Waals surface area contributed by atoms with Crippen LogP contribution in [-0.4, -0.2) is 70.4 Å². The molecule has 3 aliphatic heterocycles. The highest BCUT2D eigenvalue weighted by Crippen LogP contribution is 2.57. The monoisotopic (exact) mass is 748 g/mol. The van der Waals surface area contributed by atoms with Crippen LogP contribution in [0.3, 0.4) is 0 Å². The summed E-state index contributed by atoms with van der Waals surface area (Å²) < 4.78 is 32.2. The summed E-state index contributed by atoms with van der Waals surface area (Å²) in [4.78, 5) is 26.2. The lowest BCUT2D eigenvalue weighted by Gasteiger charge is -2.61. The van der Waals surface area contributed by atoms with Gasteiger partial charge in [-0.05, 0) is 65.7 Å². The number of benzene rings is 1. The first-order valence-corrected chi connectivity index (χ1v) is 16.9. The van der Waals surface area contributed by atoms with Gasteiger partial charge >= 0.3 is 11.9 Å². The van der Waals surface area contributed by atoms with Gasteiger partial charge in [0.05, 0.1) is 35.6 Å². The fourth-order valence-electron chi connectivity index (χ4n) is 7.03. The number of ether oxygens (including phenoxy) is 5. The van der Waals surface area contributed by atoms with Crippen molar-refractivity contribution in [2.45, 2.75) is 122 Å². The van der Waals surface area contributed by atoms with Crippen molar-refractivity contribution in [3.8, 4) is 5.75 Å². The van der Waals surface area contributed by atoms with Crippen LogP contribution < -0.4 is 0 Å². The molecule has 0 aromatic heterocycles. The van der Waals surface area contributed by atoms with Crippen LogP contribution >= 0.6 is 31.9 Å². The molecule has 3 aliphatic rings. The van der Waals surface area contributed by atoms with E-state index < -0.39 is 65.7 Å². The molecule has 3 saturated heterocycles. The SMILES string of the molecule is CO[C@@H](CC[C@H](C)C1O[C@@]23C[C@H](OC(=O)C[C@H](C(C)O)OC(=O)C[C@](O)(O2)[C@H](C)CC3(C)C)[C@@H]1C)c1cc(O)c(Br)cc1Br. The first-order valence-electron chi connectivity index (χ1n) is 15.3. The van der Waals surface area contributed by atoms with Gasteiger partial charge in [0.25, 0.3) is 0 Å². The zero-order valence-corrected chi connectivity index (χ0v) is 29.6. The lowest BCUT2D eigenvalue weighted by molar-refractivity contribution is -0.452. The van der Waals surface area contributed by atoms with Crippen molar-refractivity contribution in [2.75, 3.05) is 7.11 Å². The number of rotatable bonds is 7. The summed E-state index contributed by atoms with van der Waals surface area (Å²) in [6.07, 6.45) is -2.51. The minimum atomic E-state index is -1.89. The highest BCUT2D eigenvalue weighted by atomic mass is 79.9. The molecular formula is C32H46Br2O10. The molecule has 0 radical (unpaired) electrons. The average Bonchev–Trinajstić information content (AvgIpc) is 2.91. The number of carbonyl (C=O) groups is 2. The number of phenolic OH excluding ortho intramolecular Hbond substituents is 1. The maximum atomic E-state index is 13.2. The predicted octanol–water partition coefficient (Wildman–Crippen LogP) is 5.91. The summed E-state index contributed by atoms with van der Waals surface area (Å²) >= 11 is 6.92. The normalized spacial score (nSPS) is 36.2. The van der Waals surface area contributed by atoms with Crippen LogP contribution in [0.5, 0.6) is 5.75 Å². The highest BCUT2D eigenvalue weighted by Gasteiger charge is 2.64. The Bertz CT molecular complexity index is 1220. The number of hydrogen-bond donors (Lipinski definition) is 3. The number of halogens is 2. The maximum Gasteiger partial charge on any atom is 0.311 e. The molecule has 44 heavy (non-hydrogen) atoms. The Balaban J connectivity index is 1.67. The van der Waals surface area contributed by atoms with Crippen molar-refractivity contribution in [1.82, 2.24) is 0 Å². The van der Waals surface area contributed by atoms with E-state index in [1.54, 1.807) is 19.2 Å². The molecular weight excluding hydrogens is 704 g/mol. The zero-order chi connectivity index (χ0) is 32.8. The maximum absolute atomic E-state index is 13.2. The molecule has 10 nitrogen and oxygen atoms in total. The number of aromatic hydroxyl groups is 1. The van der Waals surface area contributed by atoms with E-state index in [0.717, 1.165) is 10.0 Å². The Labute approximate surface area is 276 Å². The van der Waals surface area contributed by atoms with Crippen molar-refractivity contribution in [3.63, 3.8) is 0 Å². The zero-order valence-electron chi connectivity index (χ0n) is 26.5. The van der Waals surface area contributed by atoms with E-state index in [2.05, 4.69) is 38.8 Å². The van der Waals surface area contributed by atoms with Gasteiger partial charge in [-0.15, -0.1) is 0 Å². The molecule has 3 N–H and O–H groups in total. The minimum absolute atomic E-state index is 0.0706. The van der Waals surface area contributed by atoms with Crippen LogP contribution in [0.25, 0.3) is 0 Å². The predicted molar refractivity (Wildman–Crippen MR) is 167 cm³/mol. The van der Waals surface area contributed by atoms with Crippen LogP contribution in [0.4, 0.5) is 0 Å². The Morgan fingerprint density at radius 3 is 2.36 bits per heavy atom. The molecule has 4 rings (SSSR count). The summed E-state index contributed by atoms with van der Waals surface area (Å²) in [7, 11) is 1.63. The van der Waals surface area contributed by atoms with Gasteiger partial charge in [0.2, 0.25) is 0 Å². The van der Waals surface area contributed by atoms with E-state index in [0.29, 0.717) is 23.7 Å². The third-order valence-corrected chi connectivity index (χ3v) is 11.2. The van der Waals surface area contributed by atoms with E-state index in [1.165, 1.54) is 6.92 Å². The highest BCUT2D eigenvalue weighted by molar-refractivity contribution is 9.11. The van der Waals surface area contributed by atoms with Crippen LogP contribution in [-0.2, 0) is 33.3 Å². The number of aliphatic hydroxyl groups is 2. The number of methoxy groups -OCH3 is 1. The Morgan fingerprint density at radius 2 is 1.73 bits per heavy atom. The van der Waals surface area contributed by atoms with Crippen molar-refractivity contribution in [3.05, 3.63) is 26.6 Å². The minimum Gasteiger partial charge on any atom is -0.507 e. The molecule has 12 heteroatoms. The topological polar surface area (TPSA) is 141 Å². The van der Waals surface area contributed by atoms with Gasteiger partial charge in [-0.1, -0.05) is 50.5 Å². The van der Waals surface area contributed by atoms with Crippen LogP contribution in [0.15, 0.2) is 21.1 Å². The van der Waals surface area contributed by atoms with Crippen molar-refractivity contribution >= 4 is 43.8 Å². The van der Waals surface area contributed by atoms with Gasteiger partial charge in [-0.25, -0.2) is 0 Å². The van der Waals surface area contributed by atoms with Crippen molar-refractivity contribution < 1.29 is 48.6 Å². The first-order chi connectivity index (χ1) is 20.4. The fourth-order valence-corrected chi connectivity index (χ4v) is 8.28. The standard InChI is InChI=1S/C32H46Br2O10/c1-16(8-9-24(40-7)20-10-23(36)22(34)11-21(20)33)29-18(3)26-14-32(43-29)30(5,6)13-17(2)31(39,44-32)15-28(38)41-25(19(4)35)12-27(37)42-26/h10-11,16-19,24-26,29,35-36,39H,8-9,12-15H2,1-7H3/t16-,17+,18-,19?,24-,25+,26-,29?,31-,32-/m0/s1. The van der Waals surface area contributed by atoms with Gasteiger partial charge in [-0.3, -0.25) is 9.59 Å². The van der Waals surface area contributed by atoms with Gasteiger partial charge in [0, 0.05) is 35.3 Å². The molecule has 0 saturated carbocycles. The van der Waals surface area contributed by atoms with Gasteiger partial charge < -0.3 is 39.0 Å². The van der Waals surface area contributed by atoms with Gasteiger partial charge in [-0.2, -0.15) is 0 Å².